The van der Waals surface area contributed by atoms with Crippen LogP contribution in [0.3, 0.4) is 0 Å². The van der Waals surface area contributed by atoms with Gasteiger partial charge in [-0.25, -0.2) is 4.52 Å². The fourth-order valence-electron chi connectivity index (χ4n) is 2.63. The molecular formula is C13H13N5O2. The molecule has 0 bridgehead atoms. The van der Waals surface area contributed by atoms with Crippen molar-refractivity contribution in [1.82, 2.24) is 24.4 Å². The first-order chi connectivity index (χ1) is 9.83. The van der Waals surface area contributed by atoms with Crippen LogP contribution in [0.5, 0.6) is 0 Å². The van der Waals surface area contributed by atoms with Gasteiger partial charge in [0, 0.05) is 18.9 Å². The van der Waals surface area contributed by atoms with Crippen LogP contribution >= 0.6 is 0 Å². The standard InChI is InChI=1S/C13H13N5O2/c19-13-12-10(18-11(15-16-12)3-5-14-18)4-6-17(13)8-9-2-1-7-20-9/h3-6,9H,1-2,7-8H2/t9-/m1/s1. The molecule has 4 heterocycles. The maximum atomic E-state index is 12.4. The van der Waals surface area contributed by atoms with Crippen molar-refractivity contribution in [3.05, 3.63) is 34.9 Å². The fourth-order valence-corrected chi connectivity index (χ4v) is 2.63. The number of ether oxygens (including phenoxy) is 1. The minimum atomic E-state index is -0.150. The van der Waals surface area contributed by atoms with Crippen molar-refractivity contribution in [3.8, 4) is 0 Å². The molecule has 0 aromatic carbocycles. The van der Waals surface area contributed by atoms with Crippen molar-refractivity contribution in [2.75, 3.05) is 6.61 Å². The molecule has 0 amide bonds. The Kier molecular flexibility index (Phi) is 2.53. The Morgan fingerprint density at radius 3 is 3.15 bits per heavy atom. The molecular weight excluding hydrogens is 258 g/mol. The average Bonchev–Trinajstić information content (AvgIpc) is 3.12. The van der Waals surface area contributed by atoms with E-state index < -0.39 is 0 Å². The van der Waals surface area contributed by atoms with E-state index in [1.165, 1.54) is 0 Å². The van der Waals surface area contributed by atoms with Gasteiger partial charge in [-0.3, -0.25) is 4.79 Å². The quantitative estimate of drug-likeness (QED) is 0.683. The van der Waals surface area contributed by atoms with Crippen LogP contribution in [-0.4, -0.2) is 37.1 Å². The molecule has 0 N–H and O–H groups in total. The topological polar surface area (TPSA) is 74.3 Å². The van der Waals surface area contributed by atoms with Crippen LogP contribution in [0.4, 0.5) is 0 Å². The fraction of sp³-hybridized carbons (Fsp3) is 0.385. The maximum Gasteiger partial charge on any atom is 0.280 e. The summed E-state index contributed by atoms with van der Waals surface area (Å²) in [5.74, 6) is 0. The smallest absolute Gasteiger partial charge is 0.280 e. The summed E-state index contributed by atoms with van der Waals surface area (Å²) >= 11 is 0. The molecule has 0 saturated carbocycles. The summed E-state index contributed by atoms with van der Waals surface area (Å²) in [4.78, 5) is 12.4. The van der Waals surface area contributed by atoms with Crippen LogP contribution in [0.2, 0.25) is 0 Å². The van der Waals surface area contributed by atoms with Gasteiger partial charge in [0.05, 0.1) is 18.8 Å². The summed E-state index contributed by atoms with van der Waals surface area (Å²) in [7, 11) is 0. The van der Waals surface area contributed by atoms with Crippen LogP contribution in [0, 0.1) is 0 Å². The van der Waals surface area contributed by atoms with Crippen LogP contribution in [0.15, 0.2) is 29.3 Å². The van der Waals surface area contributed by atoms with Crippen molar-refractivity contribution >= 4 is 16.7 Å². The first-order valence-corrected chi connectivity index (χ1v) is 6.64. The molecule has 0 radical (unpaired) electrons. The Balaban J connectivity index is 1.85. The molecule has 20 heavy (non-hydrogen) atoms. The Morgan fingerprint density at radius 1 is 1.35 bits per heavy atom. The van der Waals surface area contributed by atoms with Crippen LogP contribution in [0.1, 0.15) is 12.8 Å². The van der Waals surface area contributed by atoms with Gasteiger partial charge >= 0.3 is 0 Å². The highest BCUT2D eigenvalue weighted by molar-refractivity contribution is 5.74. The normalized spacial score (nSPS) is 19.1. The lowest BCUT2D eigenvalue weighted by molar-refractivity contribution is 0.0963. The molecule has 0 spiro atoms. The predicted molar refractivity (Wildman–Crippen MR) is 71.5 cm³/mol. The summed E-state index contributed by atoms with van der Waals surface area (Å²) in [6.07, 6.45) is 5.58. The zero-order valence-electron chi connectivity index (χ0n) is 10.8. The summed E-state index contributed by atoms with van der Waals surface area (Å²) in [5.41, 5.74) is 1.49. The van der Waals surface area contributed by atoms with E-state index in [2.05, 4.69) is 15.3 Å². The molecule has 0 aliphatic carbocycles. The van der Waals surface area contributed by atoms with Crippen LogP contribution in [-0.2, 0) is 11.3 Å². The number of nitrogens with zero attached hydrogens (tertiary/aromatic N) is 5. The van der Waals surface area contributed by atoms with Crippen molar-refractivity contribution in [2.24, 2.45) is 0 Å². The predicted octanol–water partition coefficient (Wildman–Crippen LogP) is 0.618. The lowest BCUT2D eigenvalue weighted by atomic mass is 10.2. The molecule has 7 nitrogen and oxygen atoms in total. The van der Waals surface area contributed by atoms with Gasteiger partial charge in [-0.05, 0) is 18.9 Å². The summed E-state index contributed by atoms with van der Waals surface area (Å²) in [5, 5.41) is 12.2. The molecule has 1 aliphatic rings. The Bertz CT molecular complexity index is 832. The van der Waals surface area contributed by atoms with E-state index >= 15 is 0 Å². The van der Waals surface area contributed by atoms with Gasteiger partial charge in [0.2, 0.25) is 0 Å². The number of aromatic nitrogens is 5. The van der Waals surface area contributed by atoms with E-state index in [0.29, 0.717) is 23.2 Å². The van der Waals surface area contributed by atoms with Gasteiger partial charge in [0.1, 0.15) is 5.52 Å². The first-order valence-electron chi connectivity index (χ1n) is 6.64. The van der Waals surface area contributed by atoms with Gasteiger partial charge in [-0.2, -0.15) is 5.10 Å². The average molecular weight is 271 g/mol. The van der Waals surface area contributed by atoms with E-state index in [-0.39, 0.29) is 11.7 Å². The number of fused-ring (bicyclic) bond motifs is 3. The van der Waals surface area contributed by atoms with Gasteiger partial charge in [-0.15, -0.1) is 10.2 Å². The number of pyridine rings is 1. The third-order valence-electron chi connectivity index (χ3n) is 3.65. The van der Waals surface area contributed by atoms with Gasteiger partial charge in [0.15, 0.2) is 11.2 Å². The summed E-state index contributed by atoms with van der Waals surface area (Å²) in [6, 6.07) is 3.60. The van der Waals surface area contributed by atoms with Crippen LogP contribution in [0.25, 0.3) is 16.7 Å². The van der Waals surface area contributed by atoms with E-state index in [4.69, 9.17) is 4.74 Å². The Labute approximate surface area is 113 Å². The zero-order valence-corrected chi connectivity index (χ0v) is 10.8. The Morgan fingerprint density at radius 2 is 2.30 bits per heavy atom. The molecule has 1 saturated heterocycles. The largest absolute Gasteiger partial charge is 0.376 e. The highest BCUT2D eigenvalue weighted by Gasteiger charge is 2.17. The third-order valence-corrected chi connectivity index (χ3v) is 3.65. The van der Waals surface area contributed by atoms with E-state index in [9.17, 15) is 4.79 Å². The minimum Gasteiger partial charge on any atom is -0.376 e. The summed E-state index contributed by atoms with van der Waals surface area (Å²) < 4.78 is 8.83. The van der Waals surface area contributed by atoms with Crippen molar-refractivity contribution in [2.45, 2.75) is 25.5 Å². The van der Waals surface area contributed by atoms with E-state index in [0.717, 1.165) is 19.4 Å². The molecule has 7 heteroatoms. The lowest BCUT2D eigenvalue weighted by Gasteiger charge is -2.12. The van der Waals surface area contributed by atoms with Gasteiger partial charge in [-0.1, -0.05) is 0 Å². The van der Waals surface area contributed by atoms with E-state index in [1.54, 1.807) is 27.5 Å². The molecule has 3 aromatic heterocycles. The molecule has 1 fully saturated rings. The van der Waals surface area contributed by atoms with Crippen molar-refractivity contribution in [1.29, 1.82) is 0 Å². The number of hydrogen-bond donors (Lipinski definition) is 0. The van der Waals surface area contributed by atoms with Gasteiger partial charge < -0.3 is 9.30 Å². The zero-order chi connectivity index (χ0) is 13.5. The second-order valence-electron chi connectivity index (χ2n) is 4.94. The second kappa shape index (κ2) is 4.38. The lowest BCUT2D eigenvalue weighted by Crippen LogP contribution is -2.27. The van der Waals surface area contributed by atoms with Crippen LogP contribution < -0.4 is 5.56 Å². The first kappa shape index (κ1) is 11.5. The highest BCUT2D eigenvalue weighted by atomic mass is 16.5. The SMILES string of the molecule is O=c1c2nnc3ccnn3c2ccn1C[C@H]1CCCO1. The number of rotatable bonds is 2. The van der Waals surface area contributed by atoms with Crippen molar-refractivity contribution < 1.29 is 4.74 Å². The number of hydrogen-bond acceptors (Lipinski definition) is 5. The van der Waals surface area contributed by atoms with E-state index in [1.807, 2.05) is 6.07 Å². The highest BCUT2D eigenvalue weighted by Crippen LogP contribution is 2.14. The molecule has 3 aromatic rings. The molecule has 1 aliphatic heterocycles. The Hall–Kier alpha value is -2.28. The maximum absolute atomic E-state index is 12.4. The molecule has 0 unspecified atom stereocenters. The minimum absolute atomic E-state index is 0.117. The monoisotopic (exact) mass is 271 g/mol. The summed E-state index contributed by atoms with van der Waals surface area (Å²) in [6.45, 7) is 1.34. The molecule has 102 valence electrons. The second-order valence-corrected chi connectivity index (χ2v) is 4.94. The molecule has 4 rings (SSSR count). The molecule has 1 atom stereocenters. The van der Waals surface area contributed by atoms with Gasteiger partial charge in [0.25, 0.3) is 5.56 Å². The third kappa shape index (κ3) is 1.70. The van der Waals surface area contributed by atoms with Crippen molar-refractivity contribution in [3.63, 3.8) is 0 Å².